The lowest BCUT2D eigenvalue weighted by atomic mass is 10.1. The number of aromatic nitrogens is 1. The highest BCUT2D eigenvalue weighted by molar-refractivity contribution is 7.89. The van der Waals surface area contributed by atoms with Crippen molar-refractivity contribution in [2.75, 3.05) is 0 Å². The fraction of sp³-hybridized carbons (Fsp3) is 0.118. The smallest absolute Gasteiger partial charge is 0.217 e. The van der Waals surface area contributed by atoms with Crippen molar-refractivity contribution in [2.45, 2.75) is 11.5 Å². The van der Waals surface area contributed by atoms with Gasteiger partial charge in [-0.3, -0.25) is 0 Å². The average molecular weight is 315 g/mol. The molecule has 0 unspecified atom stereocenters. The van der Waals surface area contributed by atoms with Crippen molar-refractivity contribution >= 4 is 20.6 Å². The van der Waals surface area contributed by atoms with E-state index in [9.17, 15) is 12.8 Å². The Hall–Kier alpha value is -2.27. The van der Waals surface area contributed by atoms with Crippen LogP contribution in [0.25, 0.3) is 10.8 Å². The van der Waals surface area contributed by atoms with E-state index in [2.05, 4.69) is 4.98 Å². The Kier molecular flexibility index (Phi) is 3.90. The zero-order chi connectivity index (χ0) is 15.6. The van der Waals surface area contributed by atoms with Crippen molar-refractivity contribution < 1.29 is 12.8 Å². The number of fused-ring (bicyclic) bond motifs is 1. The van der Waals surface area contributed by atoms with Gasteiger partial charge in [0, 0.05) is 11.8 Å². The summed E-state index contributed by atoms with van der Waals surface area (Å²) in [4.78, 5) is 3.49. The van der Waals surface area contributed by atoms with Crippen molar-refractivity contribution in [1.29, 1.82) is 0 Å². The Labute approximate surface area is 128 Å². The minimum atomic E-state index is -3.48. The summed E-state index contributed by atoms with van der Waals surface area (Å²) < 4.78 is 38.3. The van der Waals surface area contributed by atoms with Gasteiger partial charge in [-0.1, -0.05) is 48.5 Å². The minimum Gasteiger partial charge on any atom is -0.228 e. The summed E-state index contributed by atoms with van der Waals surface area (Å²) in [5, 5.41) is 1.89. The highest BCUT2D eigenvalue weighted by Crippen LogP contribution is 2.22. The molecule has 0 fully saturated rings. The SMILES string of the molecule is O=S(=O)(Cc1cccnc1F)Cc1cccc2ccccc12. The van der Waals surface area contributed by atoms with Crippen molar-refractivity contribution in [3.63, 3.8) is 0 Å². The number of rotatable bonds is 4. The average Bonchev–Trinajstić information content (AvgIpc) is 2.49. The van der Waals surface area contributed by atoms with Gasteiger partial charge in [0.1, 0.15) is 0 Å². The van der Waals surface area contributed by atoms with Crippen LogP contribution in [0.1, 0.15) is 11.1 Å². The van der Waals surface area contributed by atoms with E-state index >= 15 is 0 Å². The second-order valence-corrected chi connectivity index (χ2v) is 7.19. The number of sulfone groups is 1. The van der Waals surface area contributed by atoms with Gasteiger partial charge < -0.3 is 0 Å². The van der Waals surface area contributed by atoms with E-state index in [1.807, 2.05) is 36.4 Å². The van der Waals surface area contributed by atoms with Crippen LogP contribution in [0.2, 0.25) is 0 Å². The van der Waals surface area contributed by atoms with Gasteiger partial charge in [-0.05, 0) is 22.4 Å². The third-order valence-corrected chi connectivity index (χ3v) is 4.97. The molecule has 0 amide bonds. The maximum Gasteiger partial charge on any atom is 0.217 e. The summed E-state index contributed by atoms with van der Waals surface area (Å²) >= 11 is 0. The summed E-state index contributed by atoms with van der Waals surface area (Å²) in [6.45, 7) is 0. The maximum atomic E-state index is 13.5. The first-order chi connectivity index (χ1) is 10.6. The van der Waals surface area contributed by atoms with Crippen molar-refractivity contribution in [3.8, 4) is 0 Å². The number of benzene rings is 2. The highest BCUT2D eigenvalue weighted by atomic mass is 32.2. The largest absolute Gasteiger partial charge is 0.228 e. The molecule has 0 saturated heterocycles. The number of hydrogen-bond donors (Lipinski definition) is 0. The Balaban J connectivity index is 1.92. The van der Waals surface area contributed by atoms with E-state index in [4.69, 9.17) is 0 Å². The molecule has 0 atom stereocenters. The third kappa shape index (κ3) is 3.14. The van der Waals surface area contributed by atoms with Crippen molar-refractivity contribution in [1.82, 2.24) is 4.98 Å². The van der Waals surface area contributed by atoms with Crippen LogP contribution < -0.4 is 0 Å². The molecule has 3 rings (SSSR count). The molecule has 22 heavy (non-hydrogen) atoms. The van der Waals surface area contributed by atoms with Gasteiger partial charge in [0.2, 0.25) is 5.95 Å². The fourth-order valence-electron chi connectivity index (χ4n) is 2.47. The molecule has 1 heterocycles. The normalized spacial score (nSPS) is 11.7. The predicted molar refractivity (Wildman–Crippen MR) is 84.5 cm³/mol. The van der Waals surface area contributed by atoms with E-state index in [1.165, 1.54) is 18.3 Å². The van der Waals surface area contributed by atoms with E-state index in [1.54, 1.807) is 6.07 Å². The van der Waals surface area contributed by atoms with E-state index < -0.39 is 15.8 Å². The summed E-state index contributed by atoms with van der Waals surface area (Å²) in [6, 6.07) is 16.2. The second kappa shape index (κ2) is 5.85. The van der Waals surface area contributed by atoms with Gasteiger partial charge in [0.25, 0.3) is 0 Å². The molecule has 0 bridgehead atoms. The fourth-order valence-corrected chi connectivity index (χ4v) is 3.99. The van der Waals surface area contributed by atoms with Gasteiger partial charge >= 0.3 is 0 Å². The Morgan fingerprint density at radius 3 is 2.36 bits per heavy atom. The number of pyridine rings is 1. The zero-order valence-corrected chi connectivity index (χ0v) is 12.6. The molecule has 0 aliphatic heterocycles. The van der Waals surface area contributed by atoms with Crippen LogP contribution in [-0.2, 0) is 21.3 Å². The quantitative estimate of drug-likeness (QED) is 0.692. The minimum absolute atomic E-state index is 0.0998. The van der Waals surface area contributed by atoms with Gasteiger partial charge in [-0.2, -0.15) is 4.39 Å². The van der Waals surface area contributed by atoms with Crippen LogP contribution >= 0.6 is 0 Å². The molecule has 0 N–H and O–H groups in total. The van der Waals surface area contributed by atoms with Crippen LogP contribution in [0.15, 0.2) is 60.8 Å². The molecule has 5 heteroatoms. The first-order valence-corrected chi connectivity index (χ1v) is 8.64. The first-order valence-electron chi connectivity index (χ1n) is 6.82. The summed E-state index contributed by atoms with van der Waals surface area (Å²) in [7, 11) is -3.48. The van der Waals surface area contributed by atoms with Gasteiger partial charge in [0.15, 0.2) is 9.84 Å². The monoisotopic (exact) mass is 315 g/mol. The highest BCUT2D eigenvalue weighted by Gasteiger charge is 2.17. The Morgan fingerprint density at radius 2 is 1.55 bits per heavy atom. The molecule has 2 aromatic carbocycles. The van der Waals surface area contributed by atoms with Gasteiger partial charge in [-0.15, -0.1) is 0 Å². The number of nitrogens with zero attached hydrogens (tertiary/aromatic N) is 1. The standard InChI is InChI=1S/C17H14FNO2S/c18-17-15(8-4-10-19-17)12-22(20,21)11-14-7-3-6-13-5-1-2-9-16(13)14/h1-10H,11-12H2. The molecule has 0 saturated carbocycles. The van der Waals surface area contributed by atoms with E-state index in [-0.39, 0.29) is 17.1 Å². The van der Waals surface area contributed by atoms with Crippen LogP contribution in [0.5, 0.6) is 0 Å². The summed E-state index contributed by atoms with van der Waals surface area (Å²) in [5.74, 6) is -1.21. The van der Waals surface area contributed by atoms with Gasteiger partial charge in [0.05, 0.1) is 11.5 Å². The zero-order valence-electron chi connectivity index (χ0n) is 11.7. The van der Waals surface area contributed by atoms with Gasteiger partial charge in [-0.25, -0.2) is 13.4 Å². The van der Waals surface area contributed by atoms with Crippen molar-refractivity contribution in [3.05, 3.63) is 77.9 Å². The van der Waals surface area contributed by atoms with E-state index in [0.717, 1.165) is 16.3 Å². The lowest BCUT2D eigenvalue weighted by Crippen LogP contribution is -2.09. The molecule has 3 aromatic rings. The molecular formula is C17H14FNO2S. The van der Waals surface area contributed by atoms with Crippen LogP contribution in [0.4, 0.5) is 4.39 Å². The third-order valence-electron chi connectivity index (χ3n) is 3.47. The molecule has 0 radical (unpaired) electrons. The molecule has 0 spiro atoms. The molecule has 0 aliphatic rings. The first kappa shape index (κ1) is 14.7. The maximum absolute atomic E-state index is 13.5. The lowest BCUT2D eigenvalue weighted by molar-refractivity contribution is 0.564. The van der Waals surface area contributed by atoms with Crippen LogP contribution in [-0.4, -0.2) is 13.4 Å². The number of halogens is 1. The molecule has 1 aromatic heterocycles. The molecule has 3 nitrogen and oxygen atoms in total. The van der Waals surface area contributed by atoms with E-state index in [0.29, 0.717) is 0 Å². The second-order valence-electron chi connectivity index (χ2n) is 5.12. The Bertz CT molecular complexity index is 917. The topological polar surface area (TPSA) is 47.0 Å². The number of hydrogen-bond acceptors (Lipinski definition) is 3. The summed E-state index contributed by atoms with van der Waals surface area (Å²) in [5.41, 5.74) is 0.824. The molecular weight excluding hydrogens is 301 g/mol. The molecule has 112 valence electrons. The predicted octanol–water partition coefficient (Wildman–Crippen LogP) is 3.49. The molecule has 0 aliphatic carbocycles. The lowest BCUT2D eigenvalue weighted by Gasteiger charge is -2.08. The van der Waals surface area contributed by atoms with Crippen LogP contribution in [0.3, 0.4) is 0 Å². The summed E-state index contributed by atoms with van der Waals surface area (Å²) in [6.07, 6.45) is 1.30. The Morgan fingerprint density at radius 1 is 0.864 bits per heavy atom. The van der Waals surface area contributed by atoms with Crippen molar-refractivity contribution in [2.24, 2.45) is 0 Å². The van der Waals surface area contributed by atoms with Crippen LogP contribution in [0, 0.1) is 5.95 Å².